The molecule has 4 aliphatic rings. The van der Waals surface area contributed by atoms with Gasteiger partial charge in [-0.25, -0.2) is 0 Å². The lowest BCUT2D eigenvalue weighted by Crippen LogP contribution is -2.59. The third-order valence-corrected chi connectivity index (χ3v) is 6.57. The second-order valence-corrected chi connectivity index (χ2v) is 9.85. The van der Waals surface area contributed by atoms with Crippen molar-refractivity contribution in [3.05, 3.63) is 0 Å². The van der Waals surface area contributed by atoms with E-state index in [1.165, 1.54) is 11.3 Å². The number of likely N-dealkylation sites (N-methyl/N-ethyl adjacent to an activating group) is 1. The summed E-state index contributed by atoms with van der Waals surface area (Å²) in [6, 6.07) is 0.0321. The minimum absolute atomic E-state index is 0.00698. The van der Waals surface area contributed by atoms with E-state index < -0.39 is 5.41 Å². The summed E-state index contributed by atoms with van der Waals surface area (Å²) in [4.78, 5) is 38.1. The van der Waals surface area contributed by atoms with E-state index in [1.807, 2.05) is 13.8 Å². The molecule has 3 amide bonds. The average Bonchev–Trinajstić information content (AvgIpc) is 2.48. The molecule has 4 saturated carbocycles. The first kappa shape index (κ1) is 19.5. The van der Waals surface area contributed by atoms with Gasteiger partial charge in [-0.3, -0.25) is 14.4 Å². The van der Waals surface area contributed by atoms with E-state index in [-0.39, 0.29) is 41.7 Å². The largest absolute Gasteiger partial charge is 0.352 e. The van der Waals surface area contributed by atoms with Crippen molar-refractivity contribution < 1.29 is 14.4 Å². The Balaban J connectivity index is 1.52. The summed E-state index contributed by atoms with van der Waals surface area (Å²) < 4.78 is 0. The highest BCUT2D eigenvalue weighted by molar-refractivity contribution is 6.24. The third-order valence-electron chi connectivity index (χ3n) is 6.13. The van der Waals surface area contributed by atoms with Crippen molar-refractivity contribution in [3.8, 4) is 0 Å². The van der Waals surface area contributed by atoms with Crippen LogP contribution < -0.4 is 10.6 Å². The lowest BCUT2D eigenvalue weighted by atomic mass is 9.49. The van der Waals surface area contributed by atoms with Gasteiger partial charge in [0.2, 0.25) is 17.7 Å². The first-order valence-electron chi connectivity index (χ1n) is 9.61. The molecule has 6 nitrogen and oxygen atoms in total. The minimum Gasteiger partial charge on any atom is -0.352 e. The first-order valence-corrected chi connectivity index (χ1v) is 9.99. The Morgan fingerprint density at radius 1 is 1.15 bits per heavy atom. The van der Waals surface area contributed by atoms with Crippen molar-refractivity contribution >= 4 is 29.3 Å². The summed E-state index contributed by atoms with van der Waals surface area (Å²) in [5, 5.41) is 5.58. The Bertz CT molecular complexity index is 593. The number of rotatable bonds is 6. The molecule has 0 spiro atoms. The van der Waals surface area contributed by atoms with Crippen molar-refractivity contribution in [3.63, 3.8) is 0 Å². The summed E-state index contributed by atoms with van der Waals surface area (Å²) in [5.41, 5.74) is -0.403. The van der Waals surface area contributed by atoms with Crippen LogP contribution in [0, 0.1) is 17.3 Å². The smallest absolute Gasteiger partial charge is 0.242 e. The molecule has 4 fully saturated rings. The second-order valence-electron chi connectivity index (χ2n) is 9.05. The molecular weight excluding hydrogens is 354 g/mol. The fraction of sp³-hybridized carbons (Fsp3) is 0.842. The molecule has 0 aromatic heterocycles. The van der Waals surface area contributed by atoms with Crippen LogP contribution in [-0.2, 0) is 14.4 Å². The Morgan fingerprint density at radius 2 is 1.77 bits per heavy atom. The topological polar surface area (TPSA) is 78.5 Å². The Morgan fingerprint density at radius 3 is 2.31 bits per heavy atom. The van der Waals surface area contributed by atoms with Crippen LogP contribution in [0.5, 0.6) is 0 Å². The summed E-state index contributed by atoms with van der Waals surface area (Å²) in [5.74, 6) is 0.579. The molecule has 0 aromatic carbocycles. The zero-order chi connectivity index (χ0) is 19.1. The van der Waals surface area contributed by atoms with Crippen molar-refractivity contribution in [1.29, 1.82) is 0 Å². The van der Waals surface area contributed by atoms with E-state index >= 15 is 0 Å². The molecule has 4 aliphatic carbocycles. The highest BCUT2D eigenvalue weighted by Gasteiger charge is 2.60. The molecule has 7 heteroatoms. The number of carbonyl (C=O) groups excluding carboxylic acids is 3. The fourth-order valence-electron chi connectivity index (χ4n) is 5.57. The summed E-state index contributed by atoms with van der Waals surface area (Å²) >= 11 is 6.78. The molecule has 146 valence electrons. The minimum atomic E-state index is -0.403. The van der Waals surface area contributed by atoms with Crippen molar-refractivity contribution in [2.45, 2.75) is 63.3 Å². The van der Waals surface area contributed by atoms with Crippen LogP contribution in [0.1, 0.15) is 52.4 Å². The van der Waals surface area contributed by atoms with Crippen molar-refractivity contribution in [1.82, 2.24) is 15.5 Å². The number of alkyl halides is 1. The van der Waals surface area contributed by atoms with Gasteiger partial charge in [0.15, 0.2) is 0 Å². The van der Waals surface area contributed by atoms with Crippen LogP contribution in [0.3, 0.4) is 0 Å². The van der Waals surface area contributed by atoms with Crippen molar-refractivity contribution in [2.75, 3.05) is 20.1 Å². The van der Waals surface area contributed by atoms with E-state index in [9.17, 15) is 14.4 Å². The molecule has 4 rings (SSSR count). The highest BCUT2D eigenvalue weighted by atomic mass is 35.5. The van der Waals surface area contributed by atoms with Crippen LogP contribution >= 0.6 is 11.6 Å². The van der Waals surface area contributed by atoms with Crippen LogP contribution in [0.2, 0.25) is 0 Å². The molecule has 4 bridgehead atoms. The molecular formula is C19H30ClN3O3. The second kappa shape index (κ2) is 7.02. The molecule has 2 N–H and O–H groups in total. The number of nitrogens with zero attached hydrogens (tertiary/aromatic N) is 1. The molecule has 2 atom stereocenters. The van der Waals surface area contributed by atoms with E-state index in [4.69, 9.17) is 11.6 Å². The van der Waals surface area contributed by atoms with Gasteiger partial charge in [-0.2, -0.15) is 0 Å². The van der Waals surface area contributed by atoms with Gasteiger partial charge >= 0.3 is 0 Å². The van der Waals surface area contributed by atoms with Gasteiger partial charge < -0.3 is 15.5 Å². The summed E-state index contributed by atoms with van der Waals surface area (Å²) in [6.45, 7) is 3.66. The molecule has 0 saturated heterocycles. The number of hydrogen-bond acceptors (Lipinski definition) is 3. The van der Waals surface area contributed by atoms with Crippen LogP contribution in [0.15, 0.2) is 0 Å². The highest BCUT2D eigenvalue weighted by Crippen LogP contribution is 2.63. The summed E-state index contributed by atoms with van der Waals surface area (Å²) in [6.07, 6.45) is 5.74. The summed E-state index contributed by atoms with van der Waals surface area (Å²) in [7, 11) is 1.58. The average molecular weight is 384 g/mol. The Kier molecular flexibility index (Phi) is 5.26. The van der Waals surface area contributed by atoms with Gasteiger partial charge in [0.1, 0.15) is 0 Å². The van der Waals surface area contributed by atoms with Gasteiger partial charge in [-0.15, -0.1) is 11.6 Å². The first-order chi connectivity index (χ1) is 12.1. The van der Waals surface area contributed by atoms with Gasteiger partial charge in [-0.1, -0.05) is 0 Å². The van der Waals surface area contributed by atoms with E-state index in [2.05, 4.69) is 10.6 Å². The molecule has 26 heavy (non-hydrogen) atoms. The van der Waals surface area contributed by atoms with Crippen LogP contribution in [-0.4, -0.2) is 53.7 Å². The lowest BCUT2D eigenvalue weighted by molar-refractivity contribution is -0.146. The van der Waals surface area contributed by atoms with Crippen molar-refractivity contribution in [2.24, 2.45) is 17.3 Å². The Hall–Kier alpha value is -1.30. The monoisotopic (exact) mass is 383 g/mol. The zero-order valence-corrected chi connectivity index (χ0v) is 16.7. The predicted octanol–water partition coefficient (Wildman–Crippen LogP) is 1.66. The number of carbonyl (C=O) groups is 3. The van der Waals surface area contributed by atoms with Gasteiger partial charge in [0.05, 0.1) is 18.5 Å². The number of nitrogens with one attached hydrogen (secondary N) is 2. The van der Waals surface area contributed by atoms with Crippen LogP contribution in [0.25, 0.3) is 0 Å². The fourth-order valence-corrected chi connectivity index (χ4v) is 6.26. The molecule has 0 unspecified atom stereocenters. The maximum Gasteiger partial charge on any atom is 0.242 e. The van der Waals surface area contributed by atoms with E-state index in [1.54, 1.807) is 7.05 Å². The lowest BCUT2D eigenvalue weighted by Gasteiger charge is -2.59. The normalized spacial score (nSPS) is 34.7. The van der Waals surface area contributed by atoms with E-state index in [0.29, 0.717) is 11.8 Å². The molecule has 0 heterocycles. The Labute approximate surface area is 160 Å². The number of halogens is 1. The maximum atomic E-state index is 12.9. The molecule has 0 radical (unpaired) electrons. The van der Waals surface area contributed by atoms with Gasteiger partial charge in [0.25, 0.3) is 0 Å². The standard InChI is InChI=1S/C19H30ClN3O3/c1-12(2)22-15(24)10-23(3)16(25)9-21-17(26)18-5-13-4-14(6-18)8-19(20,7-13)11-18/h12-14H,4-11H2,1-3H3,(H,21,26)(H,22,24)/t13-,14-,18?,19?/m0/s1. The molecule has 0 aliphatic heterocycles. The SMILES string of the molecule is CC(C)NC(=O)CN(C)C(=O)CNC(=O)C12C[C@@H]3C[C@H](CC(Cl)(C3)C1)C2. The maximum absolute atomic E-state index is 12.9. The third kappa shape index (κ3) is 4.00. The predicted molar refractivity (Wildman–Crippen MR) is 99.6 cm³/mol. The number of hydrogen-bond donors (Lipinski definition) is 2. The quantitative estimate of drug-likeness (QED) is 0.685. The molecule has 0 aromatic rings. The van der Waals surface area contributed by atoms with E-state index in [0.717, 1.165) is 32.1 Å². The zero-order valence-electron chi connectivity index (χ0n) is 15.9. The number of amides is 3. The van der Waals surface area contributed by atoms with Gasteiger partial charge in [-0.05, 0) is 64.2 Å². The van der Waals surface area contributed by atoms with Crippen LogP contribution in [0.4, 0.5) is 0 Å². The van der Waals surface area contributed by atoms with Gasteiger partial charge in [0, 0.05) is 18.0 Å².